The average molecular weight is 465 g/mol. The summed E-state index contributed by atoms with van der Waals surface area (Å²) >= 11 is 0. The Bertz CT molecular complexity index is 738. The van der Waals surface area contributed by atoms with E-state index in [0.717, 1.165) is 38.5 Å². The van der Waals surface area contributed by atoms with Crippen molar-refractivity contribution in [3.05, 3.63) is 33.9 Å². The first-order chi connectivity index (χ1) is 16.0. The normalized spacial score (nSPS) is 10.8. The van der Waals surface area contributed by atoms with Crippen molar-refractivity contribution in [3.63, 3.8) is 0 Å². The monoisotopic (exact) mass is 464 g/mol. The van der Waals surface area contributed by atoms with Crippen LogP contribution < -0.4 is 4.90 Å². The van der Waals surface area contributed by atoms with E-state index in [0.29, 0.717) is 13.2 Å². The highest BCUT2D eigenvalue weighted by molar-refractivity contribution is 6.03. The molecule has 0 radical (unpaired) electrons. The van der Waals surface area contributed by atoms with Crippen molar-refractivity contribution in [2.24, 2.45) is 0 Å². The number of hydrogen-bond acceptors (Lipinski definition) is 6. The number of rotatable bonds is 18. The summed E-state index contributed by atoms with van der Waals surface area (Å²) in [5.41, 5.74) is 0.164. The standard InChI is InChI=1S/C25H40N2O6/c1-4-7-9-10-11-12-13-14-17-26(24(28)20-32-18-8-5-2)23-19-21(27(30)31)15-16-22(23)25(29)33-6-3/h15-16,19H,4-14,17-18,20H2,1-3H3. The highest BCUT2D eigenvalue weighted by Gasteiger charge is 2.25. The molecular weight excluding hydrogens is 424 g/mol. The summed E-state index contributed by atoms with van der Waals surface area (Å²) in [4.78, 5) is 37.8. The summed E-state index contributed by atoms with van der Waals surface area (Å²) < 4.78 is 10.6. The summed E-state index contributed by atoms with van der Waals surface area (Å²) in [6.07, 6.45) is 10.6. The number of carbonyl (C=O) groups is 2. The fourth-order valence-electron chi connectivity index (χ4n) is 3.51. The Hall–Kier alpha value is -2.48. The van der Waals surface area contributed by atoms with Gasteiger partial charge in [0.1, 0.15) is 6.61 Å². The zero-order valence-electron chi connectivity index (χ0n) is 20.5. The smallest absolute Gasteiger partial charge is 0.340 e. The molecule has 0 bridgehead atoms. The maximum Gasteiger partial charge on any atom is 0.340 e. The molecule has 8 nitrogen and oxygen atoms in total. The van der Waals surface area contributed by atoms with Crippen LogP contribution in [0.4, 0.5) is 11.4 Å². The van der Waals surface area contributed by atoms with Crippen LogP contribution in [0.5, 0.6) is 0 Å². The minimum atomic E-state index is -0.608. The van der Waals surface area contributed by atoms with Gasteiger partial charge in [0.05, 0.1) is 22.8 Å². The minimum Gasteiger partial charge on any atom is -0.462 e. The van der Waals surface area contributed by atoms with E-state index in [2.05, 4.69) is 6.92 Å². The lowest BCUT2D eigenvalue weighted by atomic mass is 10.1. The van der Waals surface area contributed by atoms with E-state index in [1.54, 1.807) is 6.92 Å². The number of nitro groups is 1. The Morgan fingerprint density at radius 3 is 2.18 bits per heavy atom. The van der Waals surface area contributed by atoms with Crippen LogP contribution in [0, 0.1) is 10.1 Å². The number of unbranched alkanes of at least 4 members (excludes halogenated alkanes) is 8. The van der Waals surface area contributed by atoms with E-state index < -0.39 is 10.9 Å². The average Bonchev–Trinajstić information content (AvgIpc) is 2.80. The van der Waals surface area contributed by atoms with Gasteiger partial charge in [0.15, 0.2) is 0 Å². The third-order valence-corrected chi connectivity index (χ3v) is 5.38. The number of benzene rings is 1. The van der Waals surface area contributed by atoms with Gasteiger partial charge in [-0.2, -0.15) is 0 Å². The van der Waals surface area contributed by atoms with E-state index in [9.17, 15) is 19.7 Å². The molecule has 0 N–H and O–H groups in total. The van der Waals surface area contributed by atoms with E-state index in [-0.39, 0.29) is 36.1 Å². The fraction of sp³-hybridized carbons (Fsp3) is 0.680. The topological polar surface area (TPSA) is 99.0 Å². The Balaban J connectivity index is 3.00. The number of ether oxygens (including phenoxy) is 2. The van der Waals surface area contributed by atoms with Gasteiger partial charge in [-0.05, 0) is 25.8 Å². The summed E-state index contributed by atoms with van der Waals surface area (Å²) in [5, 5.41) is 11.4. The van der Waals surface area contributed by atoms with Crippen LogP contribution in [-0.2, 0) is 14.3 Å². The van der Waals surface area contributed by atoms with Crippen molar-refractivity contribution in [1.29, 1.82) is 0 Å². The van der Waals surface area contributed by atoms with Crippen molar-refractivity contribution in [1.82, 2.24) is 0 Å². The molecule has 0 saturated heterocycles. The molecule has 0 spiro atoms. The molecule has 1 aromatic rings. The molecule has 0 heterocycles. The molecular formula is C25H40N2O6. The molecule has 8 heteroatoms. The Morgan fingerprint density at radius 2 is 1.58 bits per heavy atom. The van der Waals surface area contributed by atoms with E-state index in [1.807, 2.05) is 6.92 Å². The highest BCUT2D eigenvalue weighted by Crippen LogP contribution is 2.28. The zero-order chi connectivity index (χ0) is 24.5. The summed E-state index contributed by atoms with van der Waals surface area (Å²) in [6.45, 7) is 6.77. The number of nitro benzene ring substituents is 1. The van der Waals surface area contributed by atoms with Crippen LogP contribution in [0.25, 0.3) is 0 Å². The second-order valence-corrected chi connectivity index (χ2v) is 8.11. The molecule has 0 atom stereocenters. The van der Waals surface area contributed by atoms with Crippen LogP contribution in [0.15, 0.2) is 18.2 Å². The molecule has 0 aliphatic heterocycles. The van der Waals surface area contributed by atoms with Gasteiger partial charge in [0.25, 0.3) is 11.6 Å². The van der Waals surface area contributed by atoms with Gasteiger partial charge in [-0.25, -0.2) is 4.79 Å². The van der Waals surface area contributed by atoms with Crippen LogP contribution in [0.2, 0.25) is 0 Å². The van der Waals surface area contributed by atoms with Crippen LogP contribution in [0.3, 0.4) is 0 Å². The van der Waals surface area contributed by atoms with Crippen LogP contribution >= 0.6 is 0 Å². The first-order valence-electron chi connectivity index (χ1n) is 12.3. The van der Waals surface area contributed by atoms with Crippen LogP contribution in [0.1, 0.15) is 95.3 Å². The molecule has 1 rings (SSSR count). The lowest BCUT2D eigenvalue weighted by Crippen LogP contribution is -2.36. The Morgan fingerprint density at radius 1 is 0.939 bits per heavy atom. The number of hydrogen-bond donors (Lipinski definition) is 0. The number of carbonyl (C=O) groups excluding carboxylic acids is 2. The summed E-state index contributed by atoms with van der Waals surface area (Å²) in [7, 11) is 0. The van der Waals surface area contributed by atoms with E-state index >= 15 is 0 Å². The molecule has 186 valence electrons. The van der Waals surface area contributed by atoms with E-state index in [1.165, 1.54) is 48.8 Å². The van der Waals surface area contributed by atoms with Crippen molar-refractivity contribution >= 4 is 23.3 Å². The third kappa shape index (κ3) is 10.8. The van der Waals surface area contributed by atoms with E-state index in [4.69, 9.17) is 9.47 Å². The SMILES string of the molecule is CCCCCCCCCCN(C(=O)COCCCC)c1cc([N+](=O)[O-])ccc1C(=O)OCC. The van der Waals surface area contributed by atoms with Crippen molar-refractivity contribution in [2.45, 2.75) is 85.0 Å². The zero-order valence-corrected chi connectivity index (χ0v) is 20.5. The predicted octanol–water partition coefficient (Wildman–Crippen LogP) is 6.06. The molecule has 1 amide bonds. The second kappa shape index (κ2) is 17.1. The van der Waals surface area contributed by atoms with Gasteiger partial charge in [-0.1, -0.05) is 65.2 Å². The molecule has 0 saturated carbocycles. The van der Waals surface area contributed by atoms with Gasteiger partial charge < -0.3 is 14.4 Å². The minimum absolute atomic E-state index is 0.137. The summed E-state index contributed by atoms with van der Waals surface area (Å²) in [5.74, 6) is -0.928. The Labute approximate surface area is 197 Å². The number of non-ortho nitro benzene ring substituents is 1. The fourth-order valence-corrected chi connectivity index (χ4v) is 3.51. The molecule has 1 aromatic carbocycles. The van der Waals surface area contributed by atoms with Crippen molar-refractivity contribution in [3.8, 4) is 0 Å². The predicted molar refractivity (Wildman–Crippen MR) is 130 cm³/mol. The molecule has 0 aliphatic carbocycles. The lowest BCUT2D eigenvalue weighted by Gasteiger charge is -2.25. The summed E-state index contributed by atoms with van der Waals surface area (Å²) in [6, 6.07) is 3.89. The third-order valence-electron chi connectivity index (χ3n) is 5.38. The molecule has 33 heavy (non-hydrogen) atoms. The van der Waals surface area contributed by atoms with Gasteiger partial charge in [0.2, 0.25) is 0 Å². The number of amides is 1. The van der Waals surface area contributed by atoms with Gasteiger partial charge in [-0.3, -0.25) is 14.9 Å². The first-order valence-corrected chi connectivity index (χ1v) is 12.3. The van der Waals surface area contributed by atoms with Gasteiger partial charge in [0, 0.05) is 25.3 Å². The Kier molecular flexibility index (Phi) is 14.8. The number of nitrogens with zero attached hydrogens (tertiary/aromatic N) is 2. The molecule has 0 aromatic heterocycles. The maximum absolute atomic E-state index is 13.0. The van der Waals surface area contributed by atoms with Crippen molar-refractivity contribution < 1.29 is 24.0 Å². The molecule has 0 fully saturated rings. The number of esters is 1. The van der Waals surface area contributed by atoms with Gasteiger partial charge in [-0.15, -0.1) is 0 Å². The molecule has 0 aliphatic rings. The van der Waals surface area contributed by atoms with Gasteiger partial charge >= 0.3 is 5.97 Å². The highest BCUT2D eigenvalue weighted by atomic mass is 16.6. The first kappa shape index (κ1) is 28.6. The lowest BCUT2D eigenvalue weighted by molar-refractivity contribution is -0.384. The maximum atomic E-state index is 13.0. The van der Waals surface area contributed by atoms with Crippen molar-refractivity contribution in [2.75, 3.05) is 31.3 Å². The number of anilines is 1. The quantitative estimate of drug-likeness (QED) is 0.113. The van der Waals surface area contributed by atoms with Crippen LogP contribution in [-0.4, -0.2) is 43.2 Å². The largest absolute Gasteiger partial charge is 0.462 e. The second-order valence-electron chi connectivity index (χ2n) is 8.11. The molecule has 0 unspecified atom stereocenters.